The van der Waals surface area contributed by atoms with Crippen LogP contribution in [0.2, 0.25) is 0 Å². The second-order valence-corrected chi connectivity index (χ2v) is 7.29. The van der Waals surface area contributed by atoms with E-state index in [1.807, 2.05) is 0 Å². The Hall–Kier alpha value is -3.50. The second-order valence-electron chi connectivity index (χ2n) is 7.29. The molecule has 0 heterocycles. The fourth-order valence-corrected chi connectivity index (χ4v) is 2.77. The highest BCUT2D eigenvalue weighted by atomic mass is 19.4. The molecule has 1 unspecified atom stereocenters. The van der Waals surface area contributed by atoms with Gasteiger partial charge in [0.1, 0.15) is 23.9 Å². The van der Waals surface area contributed by atoms with E-state index in [1.165, 1.54) is 24.3 Å². The molecule has 1 N–H and O–H groups in total. The van der Waals surface area contributed by atoms with E-state index in [0.29, 0.717) is 17.1 Å². The Labute approximate surface area is 193 Å². The Bertz CT molecular complexity index is 919. The van der Waals surface area contributed by atoms with Gasteiger partial charge >= 0.3 is 18.2 Å². The molecule has 11 heteroatoms. The van der Waals surface area contributed by atoms with E-state index in [2.05, 4.69) is 4.74 Å². The van der Waals surface area contributed by atoms with Crippen LogP contribution in [0.4, 0.5) is 22.4 Å². The number of halogens is 4. The summed E-state index contributed by atoms with van der Waals surface area (Å²) in [7, 11) is 0. The molecule has 2 aromatic carbocycles. The number of carbonyl (C=O) groups is 2. The number of rotatable bonds is 12. The molecule has 0 fully saturated rings. The summed E-state index contributed by atoms with van der Waals surface area (Å²) >= 11 is 0. The summed E-state index contributed by atoms with van der Waals surface area (Å²) in [5, 5.41) is 9.04. The highest BCUT2D eigenvalue weighted by Gasteiger charge is 2.30. The standard InChI is InChI=1S/C23H25F4NO6/c1-16(21(29)30)17-3-7-19(8-4-17)33-14-12-28(22(31)34-15-23(25,26)27)11-2-13-32-20-9-5-18(24)6-10-20/h3-10,16H,2,11-15H2,1H3,(H,29,30). The maximum Gasteiger partial charge on any atom is 0.422 e. The quantitative estimate of drug-likeness (QED) is 0.340. The van der Waals surface area contributed by atoms with Gasteiger partial charge in [0.25, 0.3) is 0 Å². The van der Waals surface area contributed by atoms with Crippen LogP contribution in [0.25, 0.3) is 0 Å². The molecule has 0 saturated carbocycles. The molecule has 0 aliphatic carbocycles. The van der Waals surface area contributed by atoms with Crippen LogP contribution < -0.4 is 9.47 Å². The molecule has 0 saturated heterocycles. The molecular formula is C23H25F4NO6. The molecular weight excluding hydrogens is 462 g/mol. The van der Waals surface area contributed by atoms with Gasteiger partial charge in [0, 0.05) is 6.54 Å². The molecule has 186 valence electrons. The molecule has 1 amide bonds. The maximum absolute atomic E-state index is 12.9. The third-order valence-electron chi connectivity index (χ3n) is 4.65. The Kier molecular flexibility index (Phi) is 9.96. The monoisotopic (exact) mass is 487 g/mol. The van der Waals surface area contributed by atoms with E-state index >= 15 is 0 Å². The highest BCUT2D eigenvalue weighted by molar-refractivity contribution is 5.75. The SMILES string of the molecule is CC(C(=O)O)c1ccc(OCCN(CCCOc2ccc(F)cc2)C(=O)OCC(F)(F)F)cc1. The number of amides is 1. The first-order valence-electron chi connectivity index (χ1n) is 10.4. The Morgan fingerprint density at radius 2 is 1.50 bits per heavy atom. The summed E-state index contributed by atoms with van der Waals surface area (Å²) in [4.78, 5) is 24.2. The van der Waals surface area contributed by atoms with Gasteiger partial charge in [-0.2, -0.15) is 13.2 Å². The predicted molar refractivity (Wildman–Crippen MR) is 113 cm³/mol. The molecule has 0 aliphatic rings. The van der Waals surface area contributed by atoms with E-state index in [1.54, 1.807) is 31.2 Å². The smallest absolute Gasteiger partial charge is 0.422 e. The van der Waals surface area contributed by atoms with Crippen LogP contribution in [0.3, 0.4) is 0 Å². The van der Waals surface area contributed by atoms with Gasteiger partial charge in [-0.15, -0.1) is 0 Å². The van der Waals surface area contributed by atoms with Crippen molar-refractivity contribution in [3.63, 3.8) is 0 Å². The van der Waals surface area contributed by atoms with Crippen molar-refractivity contribution in [3.05, 3.63) is 59.9 Å². The average Bonchev–Trinajstić information content (AvgIpc) is 2.79. The molecule has 0 bridgehead atoms. The molecule has 2 rings (SSSR count). The van der Waals surface area contributed by atoms with Crippen molar-refractivity contribution in [2.24, 2.45) is 0 Å². The fraction of sp³-hybridized carbons (Fsp3) is 0.391. The lowest BCUT2D eigenvalue weighted by Crippen LogP contribution is -2.38. The summed E-state index contributed by atoms with van der Waals surface area (Å²) in [6.45, 7) is -0.0791. The minimum atomic E-state index is -4.65. The number of ether oxygens (including phenoxy) is 3. The molecule has 1 atom stereocenters. The van der Waals surface area contributed by atoms with Gasteiger partial charge in [0.05, 0.1) is 19.1 Å². The zero-order valence-corrected chi connectivity index (χ0v) is 18.4. The number of benzene rings is 2. The van der Waals surface area contributed by atoms with E-state index in [9.17, 15) is 27.2 Å². The number of hydrogen-bond acceptors (Lipinski definition) is 5. The highest BCUT2D eigenvalue weighted by Crippen LogP contribution is 2.20. The second kappa shape index (κ2) is 12.7. The third kappa shape index (κ3) is 9.55. The first kappa shape index (κ1) is 26.7. The van der Waals surface area contributed by atoms with Crippen molar-refractivity contribution in [1.29, 1.82) is 0 Å². The fourth-order valence-electron chi connectivity index (χ4n) is 2.77. The number of carboxylic acid groups (broad SMARTS) is 1. The van der Waals surface area contributed by atoms with Crippen LogP contribution in [0, 0.1) is 5.82 Å². The van der Waals surface area contributed by atoms with Gasteiger partial charge < -0.3 is 24.2 Å². The Balaban J connectivity index is 1.87. The van der Waals surface area contributed by atoms with Crippen LogP contribution in [0.1, 0.15) is 24.8 Å². The van der Waals surface area contributed by atoms with Crippen LogP contribution in [-0.2, 0) is 9.53 Å². The lowest BCUT2D eigenvalue weighted by Gasteiger charge is -2.22. The number of nitrogens with zero attached hydrogens (tertiary/aromatic N) is 1. The number of aliphatic carboxylic acids is 1. The summed E-state index contributed by atoms with van der Waals surface area (Å²) < 4.78 is 65.4. The largest absolute Gasteiger partial charge is 0.494 e. The van der Waals surface area contributed by atoms with E-state index < -0.39 is 36.6 Å². The summed E-state index contributed by atoms with van der Waals surface area (Å²) in [5.74, 6) is -1.26. The zero-order valence-electron chi connectivity index (χ0n) is 18.4. The molecule has 7 nitrogen and oxygen atoms in total. The molecule has 0 aliphatic heterocycles. The van der Waals surface area contributed by atoms with Crippen molar-refractivity contribution in [1.82, 2.24) is 4.90 Å². The van der Waals surface area contributed by atoms with Crippen LogP contribution in [0.5, 0.6) is 11.5 Å². The van der Waals surface area contributed by atoms with Crippen LogP contribution in [0.15, 0.2) is 48.5 Å². The van der Waals surface area contributed by atoms with E-state index in [0.717, 1.165) is 4.90 Å². The van der Waals surface area contributed by atoms with Crippen LogP contribution >= 0.6 is 0 Å². The molecule has 0 radical (unpaired) electrons. The van der Waals surface area contributed by atoms with Crippen molar-refractivity contribution in [2.45, 2.75) is 25.4 Å². The number of carboxylic acids is 1. The topological polar surface area (TPSA) is 85.3 Å². The van der Waals surface area contributed by atoms with Crippen molar-refractivity contribution < 1.29 is 46.5 Å². The van der Waals surface area contributed by atoms with Crippen molar-refractivity contribution in [2.75, 3.05) is 32.9 Å². The molecule has 0 spiro atoms. The normalized spacial score (nSPS) is 12.0. The van der Waals surface area contributed by atoms with Gasteiger partial charge in [0.2, 0.25) is 0 Å². The lowest BCUT2D eigenvalue weighted by molar-refractivity contribution is -0.162. The van der Waals surface area contributed by atoms with Gasteiger partial charge in [-0.25, -0.2) is 9.18 Å². The lowest BCUT2D eigenvalue weighted by atomic mass is 10.0. The summed E-state index contributed by atoms with van der Waals surface area (Å²) in [6.07, 6.45) is -5.52. The third-order valence-corrected chi connectivity index (χ3v) is 4.65. The average molecular weight is 487 g/mol. The minimum absolute atomic E-state index is 0.0340. The van der Waals surface area contributed by atoms with Gasteiger partial charge in [0.15, 0.2) is 6.61 Å². The zero-order chi connectivity index (χ0) is 25.1. The maximum atomic E-state index is 12.9. The molecule has 2 aromatic rings. The molecule has 0 aromatic heterocycles. The van der Waals surface area contributed by atoms with Crippen molar-refractivity contribution >= 4 is 12.1 Å². The van der Waals surface area contributed by atoms with E-state index in [-0.39, 0.29) is 32.7 Å². The van der Waals surface area contributed by atoms with Gasteiger partial charge in [-0.05, 0) is 55.3 Å². The van der Waals surface area contributed by atoms with E-state index in [4.69, 9.17) is 14.6 Å². The molecule has 34 heavy (non-hydrogen) atoms. The van der Waals surface area contributed by atoms with Gasteiger partial charge in [-0.1, -0.05) is 12.1 Å². The number of carbonyl (C=O) groups excluding carboxylic acids is 1. The van der Waals surface area contributed by atoms with Crippen molar-refractivity contribution in [3.8, 4) is 11.5 Å². The summed E-state index contributed by atoms with van der Waals surface area (Å²) in [6, 6.07) is 11.6. The summed E-state index contributed by atoms with van der Waals surface area (Å²) in [5.41, 5.74) is 0.582. The first-order valence-corrected chi connectivity index (χ1v) is 10.4. The van der Waals surface area contributed by atoms with Crippen LogP contribution in [-0.4, -0.2) is 61.2 Å². The Morgan fingerprint density at radius 3 is 2.06 bits per heavy atom. The number of hydrogen-bond donors (Lipinski definition) is 1. The predicted octanol–water partition coefficient (Wildman–Crippen LogP) is 4.86. The van der Waals surface area contributed by atoms with Gasteiger partial charge in [-0.3, -0.25) is 4.79 Å². The first-order chi connectivity index (χ1) is 16.0. The Morgan fingerprint density at radius 1 is 0.941 bits per heavy atom. The number of alkyl halides is 3. The minimum Gasteiger partial charge on any atom is -0.494 e.